The van der Waals surface area contributed by atoms with Crippen LogP contribution in [-0.2, 0) is 6.54 Å². The van der Waals surface area contributed by atoms with Crippen molar-refractivity contribution in [3.05, 3.63) is 75.5 Å². The molecular formula is C15H11ClFN3O. The van der Waals surface area contributed by atoms with Crippen LogP contribution in [0.25, 0.3) is 5.65 Å². The molecule has 3 rings (SSSR count). The number of nitrogens with one attached hydrogen (secondary N) is 1. The van der Waals surface area contributed by atoms with Gasteiger partial charge in [-0.05, 0) is 30.3 Å². The monoisotopic (exact) mass is 303 g/mol. The minimum absolute atomic E-state index is 0.0719. The third-order valence-electron chi connectivity index (χ3n) is 3.02. The van der Waals surface area contributed by atoms with Gasteiger partial charge in [0.15, 0.2) is 0 Å². The topological polar surface area (TPSA) is 46.4 Å². The van der Waals surface area contributed by atoms with Gasteiger partial charge in [0.05, 0.1) is 17.3 Å². The first-order valence-corrected chi connectivity index (χ1v) is 6.67. The maximum absolute atomic E-state index is 13.3. The third-order valence-corrected chi connectivity index (χ3v) is 3.32. The van der Waals surface area contributed by atoms with Crippen molar-refractivity contribution in [3.8, 4) is 0 Å². The molecule has 0 bridgehead atoms. The average Bonchev–Trinajstić information content (AvgIpc) is 2.49. The van der Waals surface area contributed by atoms with Crippen molar-refractivity contribution in [2.45, 2.75) is 6.54 Å². The number of hydrogen-bond donors (Lipinski definition) is 1. The summed E-state index contributed by atoms with van der Waals surface area (Å²) in [6.45, 7) is 0.321. The van der Waals surface area contributed by atoms with E-state index in [9.17, 15) is 9.18 Å². The number of pyridine rings is 1. The van der Waals surface area contributed by atoms with Crippen LogP contribution < -0.4 is 10.9 Å². The minimum Gasteiger partial charge on any atom is -0.379 e. The van der Waals surface area contributed by atoms with E-state index in [1.54, 1.807) is 24.4 Å². The zero-order chi connectivity index (χ0) is 14.8. The molecule has 0 atom stereocenters. The molecule has 0 spiro atoms. The Morgan fingerprint density at radius 2 is 2.10 bits per heavy atom. The zero-order valence-electron chi connectivity index (χ0n) is 10.9. The van der Waals surface area contributed by atoms with Crippen molar-refractivity contribution in [1.29, 1.82) is 0 Å². The van der Waals surface area contributed by atoms with Crippen LogP contribution in [0, 0.1) is 5.82 Å². The van der Waals surface area contributed by atoms with Crippen molar-refractivity contribution in [1.82, 2.24) is 9.38 Å². The molecule has 0 fully saturated rings. The van der Waals surface area contributed by atoms with E-state index in [0.717, 1.165) is 0 Å². The Labute approximate surface area is 124 Å². The molecule has 0 radical (unpaired) electrons. The van der Waals surface area contributed by atoms with Gasteiger partial charge in [-0.3, -0.25) is 9.20 Å². The van der Waals surface area contributed by atoms with E-state index in [0.29, 0.717) is 23.6 Å². The molecule has 21 heavy (non-hydrogen) atoms. The Morgan fingerprint density at radius 1 is 1.24 bits per heavy atom. The average molecular weight is 304 g/mol. The maximum atomic E-state index is 13.3. The number of rotatable bonds is 3. The van der Waals surface area contributed by atoms with Crippen LogP contribution in [0.3, 0.4) is 0 Å². The molecule has 1 N–H and O–H groups in total. The Bertz CT molecular complexity index is 863. The predicted molar refractivity (Wildman–Crippen MR) is 80.2 cm³/mol. The first kappa shape index (κ1) is 13.6. The summed E-state index contributed by atoms with van der Waals surface area (Å²) in [5.41, 5.74) is 1.58. The van der Waals surface area contributed by atoms with Crippen molar-refractivity contribution in [3.63, 3.8) is 0 Å². The Kier molecular flexibility index (Phi) is 3.58. The second-order valence-corrected chi connectivity index (χ2v) is 4.90. The quantitative estimate of drug-likeness (QED) is 0.809. The van der Waals surface area contributed by atoms with Crippen LogP contribution in [0.2, 0.25) is 5.02 Å². The van der Waals surface area contributed by atoms with Crippen molar-refractivity contribution < 1.29 is 4.39 Å². The van der Waals surface area contributed by atoms with Crippen molar-refractivity contribution >= 4 is 22.9 Å². The second kappa shape index (κ2) is 5.54. The summed E-state index contributed by atoms with van der Waals surface area (Å²) in [5, 5.41) is 3.08. The summed E-state index contributed by atoms with van der Waals surface area (Å²) >= 11 is 5.62. The predicted octanol–water partition coefficient (Wildman–Crippen LogP) is 3.10. The van der Waals surface area contributed by atoms with Gasteiger partial charge in [0.2, 0.25) is 0 Å². The fraction of sp³-hybridized carbons (Fsp3) is 0.0667. The van der Waals surface area contributed by atoms with E-state index < -0.39 is 5.82 Å². The Morgan fingerprint density at radius 3 is 2.90 bits per heavy atom. The highest BCUT2D eigenvalue weighted by molar-refractivity contribution is 6.30. The van der Waals surface area contributed by atoms with E-state index in [-0.39, 0.29) is 10.6 Å². The van der Waals surface area contributed by atoms with Crippen molar-refractivity contribution in [2.75, 3.05) is 5.32 Å². The van der Waals surface area contributed by atoms with E-state index in [1.165, 1.54) is 22.6 Å². The molecule has 2 heterocycles. The largest absolute Gasteiger partial charge is 0.379 e. The van der Waals surface area contributed by atoms with Gasteiger partial charge in [-0.15, -0.1) is 0 Å². The molecule has 106 valence electrons. The molecule has 3 aromatic rings. The Balaban J connectivity index is 1.85. The molecule has 0 amide bonds. The molecular weight excluding hydrogens is 293 g/mol. The van der Waals surface area contributed by atoms with E-state index in [4.69, 9.17) is 11.6 Å². The van der Waals surface area contributed by atoms with Crippen LogP contribution in [0.4, 0.5) is 10.1 Å². The highest BCUT2D eigenvalue weighted by atomic mass is 35.5. The fourth-order valence-corrected chi connectivity index (χ4v) is 2.11. The number of halogens is 2. The van der Waals surface area contributed by atoms with E-state index >= 15 is 0 Å². The summed E-state index contributed by atoms with van der Waals surface area (Å²) < 4.78 is 14.8. The van der Waals surface area contributed by atoms with Gasteiger partial charge >= 0.3 is 0 Å². The first-order chi connectivity index (χ1) is 10.1. The van der Waals surface area contributed by atoms with E-state index in [1.807, 2.05) is 6.07 Å². The number of nitrogens with zero attached hydrogens (tertiary/aromatic N) is 2. The summed E-state index contributed by atoms with van der Waals surface area (Å²) in [4.78, 5) is 16.3. The highest BCUT2D eigenvalue weighted by Gasteiger charge is 2.04. The van der Waals surface area contributed by atoms with Crippen LogP contribution in [0.1, 0.15) is 5.69 Å². The lowest BCUT2D eigenvalue weighted by Crippen LogP contribution is -2.16. The molecule has 0 aliphatic carbocycles. The fourth-order valence-electron chi connectivity index (χ4n) is 1.99. The van der Waals surface area contributed by atoms with Crippen molar-refractivity contribution in [2.24, 2.45) is 0 Å². The number of fused-ring (bicyclic) bond motifs is 1. The number of aromatic nitrogens is 2. The third kappa shape index (κ3) is 2.87. The number of hydrogen-bond acceptors (Lipinski definition) is 3. The SMILES string of the molecule is O=c1cc(CNc2ccc(Cl)c(F)c2)nc2ccccn12. The van der Waals surface area contributed by atoms with Crippen LogP contribution >= 0.6 is 11.6 Å². The number of benzene rings is 1. The van der Waals surface area contributed by atoms with Gasteiger partial charge in [0.25, 0.3) is 5.56 Å². The lowest BCUT2D eigenvalue weighted by molar-refractivity contribution is 0.628. The van der Waals surface area contributed by atoms with Gasteiger partial charge in [-0.2, -0.15) is 0 Å². The normalized spacial score (nSPS) is 10.8. The summed E-state index contributed by atoms with van der Waals surface area (Å²) in [6.07, 6.45) is 1.66. The zero-order valence-corrected chi connectivity index (χ0v) is 11.6. The molecule has 0 aliphatic rings. The maximum Gasteiger partial charge on any atom is 0.258 e. The minimum atomic E-state index is -0.492. The summed E-state index contributed by atoms with van der Waals surface area (Å²) in [5.74, 6) is -0.492. The smallest absolute Gasteiger partial charge is 0.258 e. The molecule has 1 aromatic carbocycles. The molecule has 0 unspecified atom stereocenters. The lowest BCUT2D eigenvalue weighted by Gasteiger charge is -2.07. The summed E-state index contributed by atoms with van der Waals surface area (Å²) in [6, 6.07) is 11.2. The molecule has 0 saturated heterocycles. The number of anilines is 1. The van der Waals surface area contributed by atoms with Crippen LogP contribution in [0.15, 0.2) is 53.5 Å². The molecule has 6 heteroatoms. The van der Waals surface area contributed by atoms with Crippen LogP contribution in [0.5, 0.6) is 0 Å². The first-order valence-electron chi connectivity index (χ1n) is 6.30. The van der Waals surface area contributed by atoms with E-state index in [2.05, 4.69) is 10.3 Å². The van der Waals surface area contributed by atoms with Gasteiger partial charge in [-0.25, -0.2) is 9.37 Å². The lowest BCUT2D eigenvalue weighted by atomic mass is 10.3. The molecule has 0 aliphatic heterocycles. The molecule has 4 nitrogen and oxygen atoms in total. The van der Waals surface area contributed by atoms with Gasteiger partial charge in [0, 0.05) is 18.0 Å². The van der Waals surface area contributed by atoms with Crippen LogP contribution in [-0.4, -0.2) is 9.38 Å². The summed E-state index contributed by atoms with van der Waals surface area (Å²) in [7, 11) is 0. The molecule has 2 aromatic heterocycles. The second-order valence-electron chi connectivity index (χ2n) is 4.50. The van der Waals surface area contributed by atoms with Gasteiger partial charge < -0.3 is 5.32 Å². The van der Waals surface area contributed by atoms with Gasteiger partial charge in [-0.1, -0.05) is 17.7 Å². The standard InChI is InChI=1S/C15H11ClFN3O/c16-12-5-4-10(7-13(12)17)18-9-11-8-15(21)20-6-2-1-3-14(20)19-11/h1-8,18H,9H2. The molecule has 0 saturated carbocycles. The Hall–Kier alpha value is -2.40. The highest BCUT2D eigenvalue weighted by Crippen LogP contribution is 2.18. The van der Waals surface area contributed by atoms with Gasteiger partial charge in [0.1, 0.15) is 11.5 Å².